The monoisotopic (exact) mass is 396 g/mol. The maximum Gasteiger partial charge on any atom is 0.225 e. The van der Waals surface area contributed by atoms with E-state index < -0.39 is 0 Å². The van der Waals surface area contributed by atoms with E-state index in [-0.39, 0.29) is 0 Å². The highest BCUT2D eigenvalue weighted by molar-refractivity contribution is 7.71. The predicted molar refractivity (Wildman–Crippen MR) is 110 cm³/mol. The third kappa shape index (κ3) is 4.00. The van der Waals surface area contributed by atoms with Crippen LogP contribution in [0.1, 0.15) is 29.5 Å². The summed E-state index contributed by atoms with van der Waals surface area (Å²) in [5.74, 6) is 0.885. The van der Waals surface area contributed by atoms with Gasteiger partial charge in [-0.2, -0.15) is 9.36 Å². The largest absolute Gasteiger partial charge is 0.497 e. The lowest BCUT2D eigenvalue weighted by atomic mass is 10.1. The lowest BCUT2D eigenvalue weighted by molar-refractivity contribution is -0.947. The van der Waals surface area contributed by atoms with Gasteiger partial charge in [-0.15, -0.1) is 0 Å². The topological polar surface area (TPSA) is 49.3 Å². The number of aryl methyl sites for hydroxylation is 2. The van der Waals surface area contributed by atoms with Crippen LogP contribution in [0.2, 0.25) is 0 Å². The molecule has 1 aromatic heterocycles. The van der Waals surface area contributed by atoms with Gasteiger partial charge < -0.3 is 9.64 Å². The Kier molecular flexibility index (Phi) is 5.28. The Morgan fingerprint density at radius 1 is 1.11 bits per heavy atom. The molecule has 0 amide bonds. The number of hydrogen-bond donors (Lipinski definition) is 1. The molecule has 1 saturated carbocycles. The van der Waals surface area contributed by atoms with Crippen molar-refractivity contribution in [2.75, 3.05) is 7.11 Å². The number of tetrazole rings is 1. The highest BCUT2D eigenvalue weighted by Gasteiger charge is 2.34. The molecule has 1 atom stereocenters. The van der Waals surface area contributed by atoms with E-state index in [4.69, 9.17) is 17.0 Å². The van der Waals surface area contributed by atoms with Gasteiger partial charge in [0.2, 0.25) is 4.77 Å². The van der Waals surface area contributed by atoms with Crippen molar-refractivity contribution in [1.82, 2.24) is 19.8 Å². The third-order valence-electron chi connectivity index (χ3n) is 5.33. The highest BCUT2D eigenvalue weighted by Crippen LogP contribution is 2.18. The Balaban J connectivity index is 1.56. The lowest BCUT2D eigenvalue weighted by Crippen LogP contribution is -3.11. The fourth-order valence-electron chi connectivity index (χ4n) is 3.49. The van der Waals surface area contributed by atoms with Crippen LogP contribution in [0.4, 0.5) is 0 Å². The van der Waals surface area contributed by atoms with Crippen molar-refractivity contribution in [2.45, 2.75) is 45.9 Å². The van der Waals surface area contributed by atoms with E-state index in [1.54, 1.807) is 11.8 Å². The SMILES string of the molecule is COc1ccc(C[NH+](Cn2nnn(-c3cc(C)ccc3C)c2=S)C2CC2)cc1. The van der Waals surface area contributed by atoms with Crippen LogP contribution in [-0.2, 0) is 13.2 Å². The minimum absolute atomic E-state index is 0.640. The van der Waals surface area contributed by atoms with Crippen LogP contribution < -0.4 is 9.64 Å². The second-order valence-electron chi connectivity index (χ2n) is 7.58. The minimum Gasteiger partial charge on any atom is -0.497 e. The van der Waals surface area contributed by atoms with Gasteiger partial charge in [0.15, 0.2) is 6.67 Å². The number of ether oxygens (including phenoxy) is 1. The fourth-order valence-corrected chi connectivity index (χ4v) is 3.73. The summed E-state index contributed by atoms with van der Waals surface area (Å²) in [4.78, 5) is 1.47. The molecule has 0 aliphatic heterocycles. The predicted octanol–water partition coefficient (Wildman–Crippen LogP) is 2.63. The molecule has 2 aromatic carbocycles. The van der Waals surface area contributed by atoms with Gasteiger partial charge in [0.1, 0.15) is 12.3 Å². The van der Waals surface area contributed by atoms with Crippen LogP contribution in [0.3, 0.4) is 0 Å². The fraction of sp³-hybridized carbons (Fsp3) is 0.381. The highest BCUT2D eigenvalue weighted by atomic mass is 32.1. The number of aromatic nitrogens is 4. The number of nitrogens with one attached hydrogen (secondary N) is 1. The van der Waals surface area contributed by atoms with Gasteiger partial charge in [-0.25, -0.2) is 0 Å². The zero-order chi connectivity index (χ0) is 19.7. The second kappa shape index (κ2) is 7.85. The van der Waals surface area contributed by atoms with Crippen molar-refractivity contribution in [1.29, 1.82) is 0 Å². The summed E-state index contributed by atoms with van der Waals surface area (Å²) in [5, 5.41) is 8.71. The van der Waals surface area contributed by atoms with Crippen LogP contribution in [0, 0.1) is 18.6 Å². The number of benzene rings is 2. The van der Waals surface area contributed by atoms with Gasteiger partial charge in [0.25, 0.3) is 0 Å². The van der Waals surface area contributed by atoms with Gasteiger partial charge in [0, 0.05) is 18.4 Å². The van der Waals surface area contributed by atoms with Crippen LogP contribution in [0.25, 0.3) is 5.69 Å². The first-order valence-corrected chi connectivity index (χ1v) is 10.0. The quantitative estimate of drug-likeness (QED) is 0.624. The molecule has 0 bridgehead atoms. The molecule has 4 rings (SSSR count). The summed E-state index contributed by atoms with van der Waals surface area (Å²) in [5.41, 5.74) is 4.61. The van der Waals surface area contributed by atoms with Gasteiger partial charge in [-0.05, 0) is 78.0 Å². The molecule has 1 fully saturated rings. The van der Waals surface area contributed by atoms with Crippen molar-refractivity contribution in [3.8, 4) is 11.4 Å². The van der Waals surface area contributed by atoms with Crippen molar-refractivity contribution in [3.05, 3.63) is 63.9 Å². The van der Waals surface area contributed by atoms with Crippen molar-refractivity contribution < 1.29 is 9.64 Å². The molecule has 28 heavy (non-hydrogen) atoms. The molecule has 6 nitrogen and oxygen atoms in total. The normalized spacial score (nSPS) is 14.8. The van der Waals surface area contributed by atoms with Gasteiger partial charge >= 0.3 is 0 Å². The molecule has 0 radical (unpaired) electrons. The van der Waals surface area contributed by atoms with E-state index in [9.17, 15) is 0 Å². The molecule has 1 heterocycles. The standard InChI is InChI=1S/C21H25N5OS/c1-15-4-5-16(2)20(12-15)26-21(28)25(22-23-26)14-24(18-8-9-18)13-17-6-10-19(27-3)11-7-17/h4-7,10-12,18H,8-9,13-14H2,1-3H3/p+1. The van der Waals surface area contributed by atoms with Gasteiger partial charge in [0.05, 0.1) is 18.8 Å². The summed E-state index contributed by atoms with van der Waals surface area (Å²) >= 11 is 5.70. The number of nitrogens with zero attached hydrogens (tertiary/aromatic N) is 4. The van der Waals surface area contributed by atoms with E-state index in [1.807, 2.05) is 16.8 Å². The van der Waals surface area contributed by atoms with E-state index in [1.165, 1.54) is 28.9 Å². The first-order chi connectivity index (χ1) is 13.5. The molecular weight excluding hydrogens is 370 g/mol. The lowest BCUT2D eigenvalue weighted by Gasteiger charge is -2.18. The number of quaternary nitrogens is 1. The summed E-state index contributed by atoms with van der Waals surface area (Å²) in [6.07, 6.45) is 2.51. The Labute approximate surface area is 170 Å². The number of methoxy groups -OCH3 is 1. The summed E-state index contributed by atoms with van der Waals surface area (Å²) in [6.45, 7) is 5.80. The molecule has 1 aliphatic rings. The second-order valence-corrected chi connectivity index (χ2v) is 7.94. The Morgan fingerprint density at radius 3 is 2.54 bits per heavy atom. The molecule has 0 saturated heterocycles. The maximum atomic E-state index is 5.70. The minimum atomic E-state index is 0.640. The number of rotatable bonds is 7. The first-order valence-electron chi connectivity index (χ1n) is 9.63. The number of hydrogen-bond acceptors (Lipinski definition) is 4. The Hall–Kier alpha value is -2.51. The molecule has 146 valence electrons. The molecule has 1 unspecified atom stereocenters. The van der Waals surface area contributed by atoms with Crippen molar-refractivity contribution in [3.63, 3.8) is 0 Å². The average molecular weight is 397 g/mol. The summed E-state index contributed by atoms with van der Waals surface area (Å²) in [6, 6.07) is 15.3. The smallest absolute Gasteiger partial charge is 0.225 e. The van der Waals surface area contributed by atoms with Crippen LogP contribution in [0.15, 0.2) is 42.5 Å². The zero-order valence-electron chi connectivity index (χ0n) is 16.6. The molecule has 1 N–H and O–H groups in total. The van der Waals surface area contributed by atoms with E-state index in [2.05, 4.69) is 54.6 Å². The summed E-state index contributed by atoms with van der Waals surface area (Å²) < 4.78 is 9.53. The third-order valence-corrected chi connectivity index (χ3v) is 5.71. The average Bonchev–Trinajstić information content (AvgIpc) is 3.49. The van der Waals surface area contributed by atoms with E-state index in [0.29, 0.717) is 10.8 Å². The molecule has 0 spiro atoms. The van der Waals surface area contributed by atoms with Gasteiger partial charge in [-0.3, -0.25) is 0 Å². The molecule has 7 heteroatoms. The van der Waals surface area contributed by atoms with E-state index >= 15 is 0 Å². The van der Waals surface area contributed by atoms with Crippen LogP contribution in [-0.4, -0.2) is 32.9 Å². The zero-order valence-corrected chi connectivity index (χ0v) is 17.4. The van der Waals surface area contributed by atoms with Gasteiger partial charge in [-0.1, -0.05) is 12.1 Å². The van der Waals surface area contributed by atoms with Crippen LogP contribution in [0.5, 0.6) is 5.75 Å². The molecule has 1 aliphatic carbocycles. The van der Waals surface area contributed by atoms with Crippen molar-refractivity contribution >= 4 is 12.2 Å². The maximum absolute atomic E-state index is 5.70. The summed E-state index contributed by atoms with van der Waals surface area (Å²) in [7, 11) is 1.69. The van der Waals surface area contributed by atoms with Crippen LogP contribution >= 0.6 is 12.2 Å². The molecular formula is C21H26N5OS+. The Morgan fingerprint density at radius 2 is 1.86 bits per heavy atom. The first kappa shape index (κ1) is 18.8. The molecule has 3 aromatic rings. The Bertz CT molecular complexity index is 1020. The van der Waals surface area contributed by atoms with Crippen molar-refractivity contribution in [2.24, 2.45) is 0 Å². The van der Waals surface area contributed by atoms with E-state index in [0.717, 1.165) is 30.2 Å².